The van der Waals surface area contributed by atoms with Gasteiger partial charge < -0.3 is 9.36 Å². The van der Waals surface area contributed by atoms with E-state index in [4.69, 9.17) is 0 Å². The highest BCUT2D eigenvalue weighted by Gasteiger charge is 2.15. The van der Waals surface area contributed by atoms with E-state index in [1.807, 2.05) is 0 Å². The number of unbranched alkanes of at least 4 members (excludes halogenated alkanes) is 2. The smallest absolute Gasteiger partial charge is 0.130 e. The lowest BCUT2D eigenvalue weighted by Crippen LogP contribution is -2.08. The van der Waals surface area contributed by atoms with E-state index in [9.17, 15) is 4.79 Å². The van der Waals surface area contributed by atoms with Gasteiger partial charge in [-0.15, -0.1) is 0 Å². The lowest BCUT2D eigenvalue weighted by Gasteiger charge is -2.16. The number of hydrogen-bond donors (Lipinski definition) is 0. The van der Waals surface area contributed by atoms with Gasteiger partial charge in [0.05, 0.1) is 0 Å². The van der Waals surface area contributed by atoms with Crippen LogP contribution in [0.15, 0.2) is 18.3 Å². The van der Waals surface area contributed by atoms with Crippen LogP contribution in [0.1, 0.15) is 57.6 Å². The summed E-state index contributed by atoms with van der Waals surface area (Å²) in [5.74, 6) is 0.701. The molecule has 2 nitrogen and oxygen atoms in total. The van der Waals surface area contributed by atoms with Crippen LogP contribution in [0.5, 0.6) is 0 Å². The first-order chi connectivity index (χ1) is 7.65. The summed E-state index contributed by atoms with van der Waals surface area (Å²) in [5.41, 5.74) is 1.30. The fraction of sp³-hybridized carbons (Fsp3) is 0.643. The molecule has 0 aliphatic carbocycles. The van der Waals surface area contributed by atoms with E-state index in [2.05, 4.69) is 36.9 Å². The van der Waals surface area contributed by atoms with Gasteiger partial charge in [0.1, 0.15) is 5.78 Å². The van der Waals surface area contributed by atoms with Crippen molar-refractivity contribution < 1.29 is 4.79 Å². The average molecular weight is 221 g/mol. The van der Waals surface area contributed by atoms with E-state index in [0.717, 1.165) is 6.42 Å². The third-order valence-corrected chi connectivity index (χ3v) is 3.09. The summed E-state index contributed by atoms with van der Waals surface area (Å²) in [6.07, 6.45) is 7.59. The van der Waals surface area contributed by atoms with Crippen molar-refractivity contribution in [1.82, 2.24) is 4.57 Å². The summed E-state index contributed by atoms with van der Waals surface area (Å²) in [4.78, 5) is 11.3. The lowest BCUT2D eigenvalue weighted by molar-refractivity contribution is -0.117. The topological polar surface area (TPSA) is 22.0 Å². The van der Waals surface area contributed by atoms with E-state index < -0.39 is 0 Å². The second kappa shape index (κ2) is 6.51. The number of carbonyl (C=O) groups excluding carboxylic acids is 1. The Hall–Kier alpha value is -1.05. The molecule has 0 radical (unpaired) electrons. The predicted octanol–water partition coefficient (Wildman–Crippen LogP) is 3.67. The van der Waals surface area contributed by atoms with Crippen molar-refractivity contribution in [3.63, 3.8) is 0 Å². The Balaban J connectivity index is 2.63. The van der Waals surface area contributed by atoms with Crippen molar-refractivity contribution in [1.29, 1.82) is 0 Å². The van der Waals surface area contributed by atoms with Crippen LogP contribution < -0.4 is 0 Å². The number of ketones is 1. The molecule has 1 rings (SSSR count). The predicted molar refractivity (Wildman–Crippen MR) is 67.6 cm³/mol. The Morgan fingerprint density at radius 1 is 1.44 bits per heavy atom. The van der Waals surface area contributed by atoms with Crippen molar-refractivity contribution in [2.75, 3.05) is 0 Å². The first-order valence-corrected chi connectivity index (χ1v) is 6.25. The van der Waals surface area contributed by atoms with E-state index in [1.165, 1.54) is 25.0 Å². The highest BCUT2D eigenvalue weighted by Crippen LogP contribution is 2.26. The summed E-state index contributed by atoms with van der Waals surface area (Å²) in [7, 11) is 2.06. The molecule has 0 spiro atoms. The number of aromatic nitrogens is 1. The van der Waals surface area contributed by atoms with Crippen molar-refractivity contribution >= 4 is 5.78 Å². The fourth-order valence-electron chi connectivity index (χ4n) is 2.24. The van der Waals surface area contributed by atoms with Crippen molar-refractivity contribution in [2.24, 2.45) is 7.05 Å². The van der Waals surface area contributed by atoms with Crippen molar-refractivity contribution in [2.45, 2.75) is 51.9 Å². The minimum absolute atomic E-state index is 0.294. The molecule has 1 aromatic rings. The van der Waals surface area contributed by atoms with Gasteiger partial charge in [-0.05, 0) is 25.5 Å². The number of Topliss-reactive ketones (excluding diaryl/α,β-unsaturated/α-hetero) is 1. The minimum Gasteiger partial charge on any atom is -0.354 e. The molecule has 0 amide bonds. The van der Waals surface area contributed by atoms with Crippen molar-refractivity contribution in [3.05, 3.63) is 24.0 Å². The lowest BCUT2D eigenvalue weighted by atomic mass is 9.93. The summed E-state index contributed by atoms with van der Waals surface area (Å²) in [6.45, 7) is 3.90. The molecular weight excluding hydrogens is 198 g/mol. The van der Waals surface area contributed by atoms with Gasteiger partial charge in [-0.3, -0.25) is 0 Å². The molecule has 1 unspecified atom stereocenters. The summed E-state index contributed by atoms with van der Waals surface area (Å²) < 4.78 is 2.14. The van der Waals surface area contributed by atoms with E-state index >= 15 is 0 Å². The van der Waals surface area contributed by atoms with Crippen LogP contribution in [-0.4, -0.2) is 10.4 Å². The highest BCUT2D eigenvalue weighted by atomic mass is 16.1. The first kappa shape index (κ1) is 13.0. The summed E-state index contributed by atoms with van der Waals surface area (Å²) in [5, 5.41) is 0. The van der Waals surface area contributed by atoms with Crippen LogP contribution in [0.4, 0.5) is 0 Å². The van der Waals surface area contributed by atoms with Gasteiger partial charge in [-0.2, -0.15) is 0 Å². The quantitative estimate of drug-likeness (QED) is 0.644. The maximum absolute atomic E-state index is 11.3. The molecule has 0 bridgehead atoms. The molecule has 1 heterocycles. The summed E-state index contributed by atoms with van der Waals surface area (Å²) >= 11 is 0. The largest absolute Gasteiger partial charge is 0.354 e. The molecule has 0 aromatic carbocycles. The van der Waals surface area contributed by atoms with Crippen LogP contribution in [0.3, 0.4) is 0 Å². The van der Waals surface area contributed by atoms with Gasteiger partial charge in [-0.25, -0.2) is 0 Å². The highest BCUT2D eigenvalue weighted by molar-refractivity contribution is 5.76. The Morgan fingerprint density at radius 3 is 2.69 bits per heavy atom. The van der Waals surface area contributed by atoms with Gasteiger partial charge in [0, 0.05) is 31.3 Å². The zero-order valence-electron chi connectivity index (χ0n) is 10.7. The molecule has 0 saturated heterocycles. The molecule has 0 aliphatic rings. The molecule has 0 aliphatic heterocycles. The van der Waals surface area contributed by atoms with E-state index in [0.29, 0.717) is 18.1 Å². The monoisotopic (exact) mass is 221 g/mol. The Morgan fingerprint density at radius 2 is 2.19 bits per heavy atom. The molecule has 1 aromatic heterocycles. The fourth-order valence-corrected chi connectivity index (χ4v) is 2.24. The van der Waals surface area contributed by atoms with Crippen molar-refractivity contribution in [3.8, 4) is 0 Å². The molecule has 0 saturated carbocycles. The van der Waals surface area contributed by atoms with Gasteiger partial charge in [0.25, 0.3) is 0 Å². The standard InChI is InChI=1S/C14H23NO/c1-4-5-6-8-13(11-12(2)16)14-9-7-10-15(14)3/h7,9-10,13H,4-6,8,11H2,1-3H3. The minimum atomic E-state index is 0.294. The Labute approximate surface area is 98.7 Å². The second-order valence-electron chi connectivity index (χ2n) is 4.64. The van der Waals surface area contributed by atoms with Crippen LogP contribution in [-0.2, 0) is 11.8 Å². The average Bonchev–Trinajstić information content (AvgIpc) is 2.63. The van der Waals surface area contributed by atoms with Crippen LogP contribution in [0.2, 0.25) is 0 Å². The maximum atomic E-state index is 11.3. The molecular formula is C14H23NO. The SMILES string of the molecule is CCCCCC(CC(C)=O)c1cccn1C. The Kier molecular flexibility index (Phi) is 5.30. The molecule has 1 atom stereocenters. The number of carbonyl (C=O) groups is 1. The van der Waals surface area contributed by atoms with Gasteiger partial charge in [0.2, 0.25) is 0 Å². The first-order valence-electron chi connectivity index (χ1n) is 6.25. The van der Waals surface area contributed by atoms with Crippen LogP contribution >= 0.6 is 0 Å². The second-order valence-corrected chi connectivity index (χ2v) is 4.64. The van der Waals surface area contributed by atoms with E-state index in [1.54, 1.807) is 6.92 Å². The molecule has 0 N–H and O–H groups in total. The summed E-state index contributed by atoms with van der Waals surface area (Å²) in [6, 6.07) is 4.20. The maximum Gasteiger partial charge on any atom is 0.130 e. The molecule has 16 heavy (non-hydrogen) atoms. The van der Waals surface area contributed by atoms with Gasteiger partial charge in [-0.1, -0.05) is 26.2 Å². The van der Waals surface area contributed by atoms with Gasteiger partial charge in [0.15, 0.2) is 0 Å². The molecule has 2 heteroatoms. The third-order valence-electron chi connectivity index (χ3n) is 3.09. The third kappa shape index (κ3) is 3.84. The Bertz CT molecular complexity index is 327. The zero-order chi connectivity index (χ0) is 12.0. The molecule has 90 valence electrons. The van der Waals surface area contributed by atoms with Crippen LogP contribution in [0.25, 0.3) is 0 Å². The zero-order valence-corrected chi connectivity index (χ0v) is 10.7. The number of aryl methyl sites for hydroxylation is 1. The van der Waals surface area contributed by atoms with Gasteiger partial charge >= 0.3 is 0 Å². The van der Waals surface area contributed by atoms with E-state index in [-0.39, 0.29) is 0 Å². The number of hydrogen-bond acceptors (Lipinski definition) is 1. The normalized spacial score (nSPS) is 12.7. The number of rotatable bonds is 7. The molecule has 0 fully saturated rings. The van der Waals surface area contributed by atoms with Crippen LogP contribution in [0, 0.1) is 0 Å². The number of nitrogens with zero attached hydrogens (tertiary/aromatic N) is 1.